The number of thiazole rings is 1. The smallest absolute Gasteiger partial charge is 0.123 e. The minimum Gasteiger partial charge on any atom is -0.390 e. The fourth-order valence-electron chi connectivity index (χ4n) is 3.50. The van der Waals surface area contributed by atoms with Crippen LogP contribution in [0, 0.1) is 0 Å². The summed E-state index contributed by atoms with van der Waals surface area (Å²) in [6.07, 6.45) is 1.99. The summed E-state index contributed by atoms with van der Waals surface area (Å²) in [5.41, 5.74) is 0. The van der Waals surface area contributed by atoms with Crippen LogP contribution in [0.3, 0.4) is 0 Å². The second kappa shape index (κ2) is 8.00. The third-order valence-electron chi connectivity index (χ3n) is 4.31. The first-order chi connectivity index (χ1) is 11.1. The van der Waals surface area contributed by atoms with Crippen LogP contribution >= 0.6 is 11.3 Å². The molecule has 4 atom stereocenters. The van der Waals surface area contributed by atoms with E-state index in [0.29, 0.717) is 19.7 Å². The molecular weight excluding hydrogens is 314 g/mol. The van der Waals surface area contributed by atoms with Gasteiger partial charge >= 0.3 is 0 Å². The molecule has 0 aromatic carbocycles. The van der Waals surface area contributed by atoms with Gasteiger partial charge in [-0.15, -0.1) is 11.3 Å². The summed E-state index contributed by atoms with van der Waals surface area (Å²) in [4.78, 5) is 8.94. The fourth-order valence-corrected chi connectivity index (χ4v) is 4.18. The van der Waals surface area contributed by atoms with Crippen molar-refractivity contribution in [2.24, 2.45) is 0 Å². The number of aliphatic hydroxyl groups is 1. The Morgan fingerprint density at radius 1 is 1.26 bits per heavy atom. The van der Waals surface area contributed by atoms with E-state index in [2.05, 4.69) is 28.6 Å². The molecule has 2 fully saturated rings. The van der Waals surface area contributed by atoms with Crippen LogP contribution in [-0.4, -0.2) is 84.1 Å². The largest absolute Gasteiger partial charge is 0.390 e. The van der Waals surface area contributed by atoms with Crippen LogP contribution in [0.2, 0.25) is 0 Å². The number of rotatable bonds is 5. The number of morpholine rings is 2. The highest BCUT2D eigenvalue weighted by Gasteiger charge is 2.27. The summed E-state index contributed by atoms with van der Waals surface area (Å²) >= 11 is 1.63. The lowest BCUT2D eigenvalue weighted by Gasteiger charge is -2.38. The molecule has 6 nitrogen and oxygen atoms in total. The number of β-amino-alcohol motifs (C(OH)–C–C–N with tert-alkyl or cyclic N) is 1. The predicted molar refractivity (Wildman–Crippen MR) is 89.7 cm³/mol. The lowest BCUT2D eigenvalue weighted by atomic mass is 10.2. The number of aromatic nitrogens is 1. The zero-order valence-corrected chi connectivity index (χ0v) is 14.7. The summed E-state index contributed by atoms with van der Waals surface area (Å²) in [6, 6.07) is 0. The average Bonchev–Trinajstić information content (AvgIpc) is 3.00. The van der Waals surface area contributed by atoms with Crippen molar-refractivity contribution in [3.05, 3.63) is 16.6 Å². The van der Waals surface area contributed by atoms with E-state index in [-0.39, 0.29) is 24.4 Å². The van der Waals surface area contributed by atoms with Gasteiger partial charge in [-0.1, -0.05) is 0 Å². The summed E-state index contributed by atoms with van der Waals surface area (Å²) in [6.45, 7) is 9.74. The SMILES string of the molecule is CC1CN(CC(O)CN2CCOC(c3nccs3)C2)CC(C)O1. The Bertz CT molecular complexity index is 463. The average molecular weight is 341 g/mol. The first-order valence-corrected chi connectivity index (χ1v) is 9.27. The van der Waals surface area contributed by atoms with Crippen LogP contribution < -0.4 is 0 Å². The molecule has 1 aromatic rings. The Hall–Kier alpha value is -0.570. The van der Waals surface area contributed by atoms with Gasteiger partial charge in [0.15, 0.2) is 0 Å². The van der Waals surface area contributed by atoms with E-state index in [0.717, 1.165) is 31.2 Å². The van der Waals surface area contributed by atoms with Gasteiger partial charge in [0.2, 0.25) is 0 Å². The molecular formula is C16H27N3O3S. The van der Waals surface area contributed by atoms with Crippen molar-refractivity contribution in [2.75, 3.05) is 45.9 Å². The van der Waals surface area contributed by atoms with Gasteiger partial charge in [0.25, 0.3) is 0 Å². The molecule has 2 aliphatic rings. The first kappa shape index (κ1) is 17.3. The van der Waals surface area contributed by atoms with E-state index in [9.17, 15) is 5.11 Å². The minimum absolute atomic E-state index is 0.0411. The number of aliphatic hydroxyl groups excluding tert-OH is 1. The molecule has 0 radical (unpaired) electrons. The Kier molecular flexibility index (Phi) is 6.01. The molecule has 0 bridgehead atoms. The van der Waals surface area contributed by atoms with Crippen LogP contribution in [0.5, 0.6) is 0 Å². The van der Waals surface area contributed by atoms with Gasteiger partial charge in [-0.25, -0.2) is 4.98 Å². The molecule has 130 valence electrons. The van der Waals surface area contributed by atoms with Gasteiger partial charge in [-0.2, -0.15) is 0 Å². The zero-order chi connectivity index (χ0) is 16.2. The molecule has 0 aliphatic carbocycles. The molecule has 7 heteroatoms. The van der Waals surface area contributed by atoms with E-state index >= 15 is 0 Å². The summed E-state index contributed by atoms with van der Waals surface area (Å²) < 4.78 is 11.6. The van der Waals surface area contributed by atoms with Gasteiger partial charge in [0.05, 0.1) is 24.9 Å². The van der Waals surface area contributed by atoms with Gasteiger partial charge in [0, 0.05) is 50.8 Å². The third kappa shape index (κ3) is 4.95. The lowest BCUT2D eigenvalue weighted by molar-refractivity contribution is -0.0825. The first-order valence-electron chi connectivity index (χ1n) is 8.39. The van der Waals surface area contributed by atoms with Crippen molar-refractivity contribution in [3.63, 3.8) is 0 Å². The Morgan fingerprint density at radius 3 is 2.70 bits per heavy atom. The predicted octanol–water partition coefficient (Wildman–Crippen LogP) is 0.987. The Labute approximate surface area is 142 Å². The zero-order valence-electron chi connectivity index (χ0n) is 13.9. The molecule has 0 saturated carbocycles. The van der Waals surface area contributed by atoms with Crippen LogP contribution in [-0.2, 0) is 9.47 Å². The van der Waals surface area contributed by atoms with Crippen molar-refractivity contribution in [3.8, 4) is 0 Å². The van der Waals surface area contributed by atoms with Crippen LogP contribution in [0.25, 0.3) is 0 Å². The van der Waals surface area contributed by atoms with Gasteiger partial charge in [-0.05, 0) is 13.8 Å². The summed E-state index contributed by atoms with van der Waals surface area (Å²) in [5.74, 6) is 0. The maximum absolute atomic E-state index is 10.5. The highest BCUT2D eigenvalue weighted by molar-refractivity contribution is 7.09. The number of hydrogen-bond donors (Lipinski definition) is 1. The van der Waals surface area contributed by atoms with Crippen molar-refractivity contribution >= 4 is 11.3 Å². The van der Waals surface area contributed by atoms with E-state index in [1.165, 1.54) is 0 Å². The molecule has 23 heavy (non-hydrogen) atoms. The maximum Gasteiger partial charge on any atom is 0.123 e. The number of hydrogen-bond acceptors (Lipinski definition) is 7. The second-order valence-corrected chi connectivity index (χ2v) is 7.55. The van der Waals surface area contributed by atoms with Crippen LogP contribution in [0.4, 0.5) is 0 Å². The van der Waals surface area contributed by atoms with Gasteiger partial charge in [0.1, 0.15) is 11.1 Å². The van der Waals surface area contributed by atoms with Crippen molar-refractivity contribution in [1.82, 2.24) is 14.8 Å². The van der Waals surface area contributed by atoms with Crippen molar-refractivity contribution < 1.29 is 14.6 Å². The standard InChI is InChI=1S/C16H27N3O3S/c1-12-7-19(8-13(2)22-12)10-14(20)9-18-4-5-21-15(11-18)16-17-3-6-23-16/h3,6,12-15,20H,4-5,7-11H2,1-2H3. The summed E-state index contributed by atoms with van der Waals surface area (Å²) in [7, 11) is 0. The normalized spacial score (nSPS) is 32.0. The van der Waals surface area contributed by atoms with Crippen molar-refractivity contribution in [2.45, 2.75) is 38.3 Å². The van der Waals surface area contributed by atoms with Gasteiger partial charge < -0.3 is 14.6 Å². The van der Waals surface area contributed by atoms with Crippen molar-refractivity contribution in [1.29, 1.82) is 0 Å². The summed E-state index contributed by atoms with van der Waals surface area (Å²) in [5, 5.41) is 13.5. The minimum atomic E-state index is -0.345. The molecule has 1 aromatic heterocycles. The number of nitrogens with zero attached hydrogens (tertiary/aromatic N) is 3. The van der Waals surface area contributed by atoms with E-state index in [1.54, 1.807) is 11.3 Å². The molecule has 0 amide bonds. The van der Waals surface area contributed by atoms with E-state index in [4.69, 9.17) is 9.47 Å². The molecule has 2 aliphatic heterocycles. The maximum atomic E-state index is 10.5. The Morgan fingerprint density at radius 2 is 2.00 bits per heavy atom. The fraction of sp³-hybridized carbons (Fsp3) is 0.812. The van der Waals surface area contributed by atoms with Crippen LogP contribution in [0.1, 0.15) is 25.0 Å². The third-order valence-corrected chi connectivity index (χ3v) is 5.18. The monoisotopic (exact) mass is 341 g/mol. The highest BCUT2D eigenvalue weighted by Crippen LogP contribution is 2.24. The number of ether oxygens (including phenoxy) is 2. The molecule has 4 unspecified atom stereocenters. The van der Waals surface area contributed by atoms with Crippen LogP contribution in [0.15, 0.2) is 11.6 Å². The van der Waals surface area contributed by atoms with E-state index < -0.39 is 0 Å². The topological polar surface area (TPSA) is 58.1 Å². The highest BCUT2D eigenvalue weighted by atomic mass is 32.1. The molecule has 0 spiro atoms. The Balaban J connectivity index is 1.46. The molecule has 3 rings (SSSR count). The molecule has 3 heterocycles. The molecule has 2 saturated heterocycles. The molecule has 1 N–H and O–H groups in total. The quantitative estimate of drug-likeness (QED) is 0.862. The van der Waals surface area contributed by atoms with E-state index in [1.807, 2.05) is 11.6 Å². The second-order valence-electron chi connectivity index (χ2n) is 6.62. The van der Waals surface area contributed by atoms with Gasteiger partial charge in [-0.3, -0.25) is 9.80 Å². The lowest BCUT2D eigenvalue weighted by Crippen LogP contribution is -2.50.